The number of ether oxygens (including phenoxy) is 3. The van der Waals surface area contributed by atoms with Crippen molar-refractivity contribution >= 4 is 5.71 Å². The van der Waals surface area contributed by atoms with Gasteiger partial charge in [0.15, 0.2) is 17.6 Å². The van der Waals surface area contributed by atoms with E-state index in [9.17, 15) is 5.11 Å². The second-order valence-corrected chi connectivity index (χ2v) is 4.51. The molecule has 2 aliphatic heterocycles. The average molecular weight is 265 g/mol. The van der Waals surface area contributed by atoms with Crippen molar-refractivity contribution in [2.24, 2.45) is 11.1 Å². The molecule has 0 saturated carbocycles. The molecule has 0 unspecified atom stereocenters. The van der Waals surface area contributed by atoms with Gasteiger partial charge in [-0.1, -0.05) is 12.1 Å². The fraction of sp³-hybridized carbons (Fsp3) is 0.462. The van der Waals surface area contributed by atoms with Crippen molar-refractivity contribution in [2.45, 2.75) is 13.0 Å². The van der Waals surface area contributed by atoms with Crippen molar-refractivity contribution in [3.63, 3.8) is 0 Å². The van der Waals surface area contributed by atoms with Crippen LogP contribution < -0.4 is 14.2 Å². The average Bonchev–Trinajstić information content (AvgIpc) is 3.03. The molecule has 0 aromatic heterocycles. The fourth-order valence-electron chi connectivity index (χ4n) is 2.31. The maximum atomic E-state index is 9.18. The summed E-state index contributed by atoms with van der Waals surface area (Å²) in [7, 11) is 1.58. The van der Waals surface area contributed by atoms with E-state index in [0.29, 0.717) is 23.0 Å². The summed E-state index contributed by atoms with van der Waals surface area (Å²) >= 11 is 0. The van der Waals surface area contributed by atoms with Gasteiger partial charge in [0.25, 0.3) is 0 Å². The van der Waals surface area contributed by atoms with Crippen LogP contribution in [0.15, 0.2) is 17.3 Å². The molecule has 0 saturated heterocycles. The molecule has 0 radical (unpaired) electrons. The Bertz CT molecular complexity index is 528. The molecule has 102 valence electrons. The Hall–Kier alpha value is -1.95. The molecule has 2 atom stereocenters. The zero-order valence-corrected chi connectivity index (χ0v) is 10.8. The molecule has 3 rings (SSSR count). The number of aliphatic hydroxyl groups is 1. The van der Waals surface area contributed by atoms with Gasteiger partial charge in [-0.15, -0.1) is 0 Å². The molecule has 0 spiro atoms. The number of hydrogen-bond donors (Lipinski definition) is 1. The molecular weight excluding hydrogens is 250 g/mol. The molecule has 0 bridgehead atoms. The zero-order chi connectivity index (χ0) is 13.4. The number of aliphatic hydroxyl groups excluding tert-OH is 1. The molecule has 1 aromatic carbocycles. The van der Waals surface area contributed by atoms with Crippen LogP contribution in [-0.2, 0) is 4.84 Å². The Balaban J connectivity index is 1.95. The Morgan fingerprint density at radius 1 is 1.42 bits per heavy atom. The summed E-state index contributed by atoms with van der Waals surface area (Å²) in [5, 5.41) is 13.1. The molecule has 6 nitrogen and oxygen atoms in total. The third-order valence-electron chi connectivity index (χ3n) is 3.43. The summed E-state index contributed by atoms with van der Waals surface area (Å²) in [4.78, 5) is 5.39. The maximum Gasteiger partial charge on any atom is 0.231 e. The fourth-order valence-corrected chi connectivity index (χ4v) is 2.31. The van der Waals surface area contributed by atoms with Gasteiger partial charge in [-0.2, -0.15) is 0 Å². The predicted octanol–water partition coefficient (Wildman–Crippen LogP) is 1.48. The van der Waals surface area contributed by atoms with Gasteiger partial charge in [0.2, 0.25) is 12.5 Å². The number of rotatable bonds is 3. The number of nitrogens with zero attached hydrogens (tertiary/aromatic N) is 1. The summed E-state index contributed by atoms with van der Waals surface area (Å²) in [5.74, 6) is 1.87. The lowest BCUT2D eigenvalue weighted by atomic mass is 9.94. The number of fused-ring (bicyclic) bond motifs is 1. The number of hydrogen-bond acceptors (Lipinski definition) is 6. The van der Waals surface area contributed by atoms with Crippen LogP contribution in [0.1, 0.15) is 18.6 Å². The molecule has 1 aromatic rings. The van der Waals surface area contributed by atoms with Crippen LogP contribution in [0.3, 0.4) is 0 Å². The van der Waals surface area contributed by atoms with Crippen molar-refractivity contribution in [1.29, 1.82) is 0 Å². The van der Waals surface area contributed by atoms with Crippen LogP contribution in [0.4, 0.5) is 0 Å². The predicted molar refractivity (Wildman–Crippen MR) is 66.6 cm³/mol. The highest BCUT2D eigenvalue weighted by molar-refractivity contribution is 5.88. The Morgan fingerprint density at radius 3 is 2.95 bits per heavy atom. The van der Waals surface area contributed by atoms with Gasteiger partial charge in [-0.05, 0) is 12.1 Å². The molecule has 2 heterocycles. The van der Waals surface area contributed by atoms with Crippen molar-refractivity contribution in [3.8, 4) is 17.2 Å². The first kappa shape index (κ1) is 12.1. The minimum absolute atomic E-state index is 0.00933. The highest BCUT2D eigenvalue weighted by atomic mass is 16.7. The molecular formula is C13H15NO5. The monoisotopic (exact) mass is 265 g/mol. The van der Waals surface area contributed by atoms with E-state index in [1.165, 1.54) is 0 Å². The quantitative estimate of drug-likeness (QED) is 0.896. The largest absolute Gasteiger partial charge is 0.493 e. The van der Waals surface area contributed by atoms with Gasteiger partial charge < -0.3 is 24.2 Å². The van der Waals surface area contributed by atoms with Gasteiger partial charge in [-0.25, -0.2) is 0 Å². The van der Waals surface area contributed by atoms with Gasteiger partial charge in [0.05, 0.1) is 19.4 Å². The number of methoxy groups -OCH3 is 1. The summed E-state index contributed by atoms with van der Waals surface area (Å²) < 4.78 is 16.0. The first-order valence-corrected chi connectivity index (χ1v) is 6.05. The highest BCUT2D eigenvalue weighted by Gasteiger charge is 2.33. The van der Waals surface area contributed by atoms with E-state index in [0.717, 1.165) is 5.56 Å². The second kappa shape index (κ2) is 4.62. The van der Waals surface area contributed by atoms with Crippen molar-refractivity contribution in [1.82, 2.24) is 0 Å². The highest BCUT2D eigenvalue weighted by Crippen LogP contribution is 2.45. The van der Waals surface area contributed by atoms with E-state index in [1.54, 1.807) is 7.11 Å². The van der Waals surface area contributed by atoms with E-state index in [-0.39, 0.29) is 25.4 Å². The third kappa shape index (κ3) is 1.88. The molecule has 6 heteroatoms. The molecule has 1 N–H and O–H groups in total. The molecule has 0 fully saturated rings. The van der Waals surface area contributed by atoms with Crippen molar-refractivity contribution < 1.29 is 24.2 Å². The van der Waals surface area contributed by atoms with Crippen LogP contribution >= 0.6 is 0 Å². The van der Waals surface area contributed by atoms with Gasteiger partial charge >= 0.3 is 0 Å². The van der Waals surface area contributed by atoms with Gasteiger partial charge in [0.1, 0.15) is 0 Å². The Morgan fingerprint density at radius 2 is 2.26 bits per heavy atom. The lowest BCUT2D eigenvalue weighted by Crippen LogP contribution is -2.16. The van der Waals surface area contributed by atoms with Gasteiger partial charge in [-0.3, -0.25) is 0 Å². The standard InChI is InChI=1S/C13H15NO5/c1-7-9(5-15)14-19-12(7)8-3-10(16-2)13-11(4-8)17-6-18-13/h3-4,7,12,15H,5-6H2,1-2H3/t7-,12+/m0/s1. The van der Waals surface area contributed by atoms with Crippen LogP contribution in [-0.4, -0.2) is 31.3 Å². The Labute approximate surface area is 110 Å². The first-order valence-electron chi connectivity index (χ1n) is 6.05. The summed E-state index contributed by atoms with van der Waals surface area (Å²) in [6, 6.07) is 3.71. The first-order chi connectivity index (χ1) is 9.24. The minimum Gasteiger partial charge on any atom is -0.493 e. The van der Waals surface area contributed by atoms with Crippen molar-refractivity contribution in [2.75, 3.05) is 20.5 Å². The Kier molecular flexibility index (Phi) is 2.94. The summed E-state index contributed by atoms with van der Waals surface area (Å²) in [6.45, 7) is 2.05. The molecule has 0 amide bonds. The normalized spacial score (nSPS) is 24.1. The topological polar surface area (TPSA) is 69.5 Å². The van der Waals surface area contributed by atoms with Crippen LogP contribution in [0.2, 0.25) is 0 Å². The van der Waals surface area contributed by atoms with E-state index in [1.807, 2.05) is 19.1 Å². The minimum atomic E-state index is -0.245. The SMILES string of the molecule is COc1cc([C@@H]2ON=C(CO)[C@@H]2C)cc2c1OCO2. The van der Waals surface area contributed by atoms with Crippen LogP contribution in [0, 0.1) is 5.92 Å². The smallest absolute Gasteiger partial charge is 0.231 e. The van der Waals surface area contributed by atoms with E-state index >= 15 is 0 Å². The third-order valence-corrected chi connectivity index (χ3v) is 3.43. The molecule has 19 heavy (non-hydrogen) atoms. The summed E-state index contributed by atoms with van der Waals surface area (Å²) in [5.41, 5.74) is 1.53. The van der Waals surface area contributed by atoms with E-state index in [4.69, 9.17) is 19.0 Å². The number of oxime groups is 1. The lowest BCUT2D eigenvalue weighted by molar-refractivity contribution is 0.0650. The molecule has 0 aliphatic carbocycles. The number of benzene rings is 1. The zero-order valence-electron chi connectivity index (χ0n) is 10.8. The summed E-state index contributed by atoms with van der Waals surface area (Å²) in [6.07, 6.45) is -0.245. The van der Waals surface area contributed by atoms with Crippen LogP contribution in [0.25, 0.3) is 0 Å². The van der Waals surface area contributed by atoms with E-state index < -0.39 is 0 Å². The second-order valence-electron chi connectivity index (χ2n) is 4.51. The van der Waals surface area contributed by atoms with Gasteiger partial charge in [0, 0.05) is 11.5 Å². The van der Waals surface area contributed by atoms with Crippen molar-refractivity contribution in [3.05, 3.63) is 17.7 Å². The molecule has 2 aliphatic rings. The van der Waals surface area contributed by atoms with E-state index in [2.05, 4.69) is 5.16 Å². The lowest BCUT2D eigenvalue weighted by Gasteiger charge is -2.16. The van der Waals surface area contributed by atoms with Crippen LogP contribution in [0.5, 0.6) is 17.2 Å². The maximum absolute atomic E-state index is 9.18.